The van der Waals surface area contributed by atoms with Crippen LogP contribution in [0, 0.1) is 5.41 Å². The fraction of sp³-hybridized carbons (Fsp3) is 0.875. The van der Waals surface area contributed by atoms with Gasteiger partial charge in [-0.15, -0.1) is 0 Å². The number of nitrogens with one attached hydrogen (secondary N) is 2. The van der Waals surface area contributed by atoms with Crippen LogP contribution in [0.25, 0.3) is 0 Å². The molecule has 0 aliphatic carbocycles. The zero-order valence-corrected chi connectivity index (χ0v) is 13.5. The van der Waals surface area contributed by atoms with Crippen LogP contribution >= 0.6 is 0 Å². The van der Waals surface area contributed by atoms with Crippen molar-refractivity contribution in [1.29, 1.82) is 0 Å². The maximum Gasteiger partial charge on any atom is 0.0793 e. The molecule has 0 aromatic heterocycles. The summed E-state index contributed by atoms with van der Waals surface area (Å²) in [6, 6.07) is 0.648. The molecule has 2 aliphatic heterocycles. The molecule has 0 bridgehead atoms. The standard InChI is InChI=1S/C16H31N3/c1-15(2,3)12-7-8-17-14(9-12)19-10-13(11-19)18-16(4,5)6/h9,13-14,17-18H,7-8,10-11H2,1-6H3. The van der Waals surface area contributed by atoms with E-state index in [9.17, 15) is 0 Å². The maximum absolute atomic E-state index is 3.68. The largest absolute Gasteiger partial charge is 0.307 e. The van der Waals surface area contributed by atoms with Gasteiger partial charge >= 0.3 is 0 Å². The van der Waals surface area contributed by atoms with Gasteiger partial charge < -0.3 is 5.32 Å². The molecule has 2 rings (SSSR count). The topological polar surface area (TPSA) is 27.3 Å². The summed E-state index contributed by atoms with van der Waals surface area (Å²) >= 11 is 0. The summed E-state index contributed by atoms with van der Waals surface area (Å²) in [4.78, 5) is 2.54. The second-order valence-corrected chi connectivity index (χ2v) is 8.14. The fourth-order valence-electron chi connectivity index (χ4n) is 2.99. The first-order valence-electron chi connectivity index (χ1n) is 7.61. The van der Waals surface area contributed by atoms with Crippen LogP contribution in [0.2, 0.25) is 0 Å². The van der Waals surface area contributed by atoms with Crippen LogP contribution in [0.1, 0.15) is 48.0 Å². The summed E-state index contributed by atoms with van der Waals surface area (Å²) in [5, 5.41) is 7.30. The van der Waals surface area contributed by atoms with E-state index in [1.807, 2.05) is 0 Å². The van der Waals surface area contributed by atoms with Gasteiger partial charge in [-0.25, -0.2) is 0 Å². The Labute approximate surface area is 118 Å². The molecule has 0 aromatic rings. The quantitative estimate of drug-likeness (QED) is 0.751. The van der Waals surface area contributed by atoms with Crippen LogP contribution in [0.15, 0.2) is 11.6 Å². The molecule has 0 spiro atoms. The van der Waals surface area contributed by atoms with Crippen molar-refractivity contribution in [2.45, 2.75) is 65.7 Å². The van der Waals surface area contributed by atoms with E-state index in [0.717, 1.165) is 19.6 Å². The van der Waals surface area contributed by atoms with Crippen molar-refractivity contribution in [3.63, 3.8) is 0 Å². The van der Waals surface area contributed by atoms with Crippen molar-refractivity contribution in [2.75, 3.05) is 19.6 Å². The molecule has 0 radical (unpaired) electrons. The molecule has 3 heteroatoms. The lowest BCUT2D eigenvalue weighted by atomic mass is 9.82. The molecular formula is C16H31N3. The van der Waals surface area contributed by atoms with Crippen molar-refractivity contribution in [3.05, 3.63) is 11.6 Å². The van der Waals surface area contributed by atoms with Crippen molar-refractivity contribution >= 4 is 0 Å². The van der Waals surface area contributed by atoms with Crippen molar-refractivity contribution < 1.29 is 0 Å². The second kappa shape index (κ2) is 5.19. The van der Waals surface area contributed by atoms with Gasteiger partial charge in [0.05, 0.1) is 6.17 Å². The molecule has 1 saturated heterocycles. The Morgan fingerprint density at radius 1 is 1.16 bits per heavy atom. The average molecular weight is 265 g/mol. The highest BCUT2D eigenvalue weighted by Crippen LogP contribution is 2.30. The van der Waals surface area contributed by atoms with E-state index in [4.69, 9.17) is 0 Å². The van der Waals surface area contributed by atoms with E-state index in [-0.39, 0.29) is 5.54 Å². The minimum atomic E-state index is 0.225. The predicted molar refractivity (Wildman–Crippen MR) is 82.2 cm³/mol. The smallest absolute Gasteiger partial charge is 0.0793 e. The second-order valence-electron chi connectivity index (χ2n) is 8.14. The molecule has 19 heavy (non-hydrogen) atoms. The lowest BCUT2D eigenvalue weighted by Crippen LogP contribution is -2.66. The molecule has 110 valence electrons. The molecule has 2 N–H and O–H groups in total. The number of hydrogen-bond acceptors (Lipinski definition) is 3. The van der Waals surface area contributed by atoms with E-state index >= 15 is 0 Å². The number of hydrogen-bond donors (Lipinski definition) is 2. The molecule has 2 aliphatic rings. The first-order chi connectivity index (χ1) is 8.65. The van der Waals surface area contributed by atoms with E-state index in [1.165, 1.54) is 6.42 Å². The molecule has 0 saturated carbocycles. The molecule has 3 nitrogen and oxygen atoms in total. The minimum absolute atomic E-state index is 0.225. The monoisotopic (exact) mass is 265 g/mol. The predicted octanol–water partition coefficient (Wildman–Crippen LogP) is 2.35. The molecule has 2 heterocycles. The van der Waals surface area contributed by atoms with Crippen LogP contribution in [0.3, 0.4) is 0 Å². The van der Waals surface area contributed by atoms with Crippen LogP contribution in [0.5, 0.6) is 0 Å². The summed E-state index contributed by atoms with van der Waals surface area (Å²) in [5.41, 5.74) is 2.14. The normalized spacial score (nSPS) is 27.1. The molecule has 0 aromatic carbocycles. The van der Waals surface area contributed by atoms with Crippen LogP contribution < -0.4 is 10.6 Å². The number of rotatable bonds is 2. The van der Waals surface area contributed by atoms with E-state index in [2.05, 4.69) is 63.2 Å². The summed E-state index contributed by atoms with van der Waals surface area (Å²) in [6.45, 7) is 17.1. The Kier molecular flexibility index (Phi) is 4.10. The van der Waals surface area contributed by atoms with Crippen LogP contribution in [-0.4, -0.2) is 42.3 Å². The molecular weight excluding hydrogens is 234 g/mol. The Hall–Kier alpha value is -0.380. The SMILES string of the molecule is CC(C)(C)NC1CN(C2C=C(C(C)(C)C)CCN2)C1. The summed E-state index contributed by atoms with van der Waals surface area (Å²) in [7, 11) is 0. The number of likely N-dealkylation sites (tertiary alicyclic amines) is 1. The van der Waals surface area contributed by atoms with Crippen molar-refractivity contribution in [2.24, 2.45) is 5.41 Å². The van der Waals surface area contributed by atoms with Gasteiger partial charge in [0.1, 0.15) is 0 Å². The molecule has 1 unspecified atom stereocenters. The highest BCUT2D eigenvalue weighted by Gasteiger charge is 2.35. The maximum atomic E-state index is 3.68. The van der Waals surface area contributed by atoms with Gasteiger partial charge in [-0.3, -0.25) is 10.2 Å². The van der Waals surface area contributed by atoms with Gasteiger partial charge in [0.2, 0.25) is 0 Å². The van der Waals surface area contributed by atoms with Gasteiger partial charge in [0.25, 0.3) is 0 Å². The summed E-state index contributed by atoms with van der Waals surface area (Å²) < 4.78 is 0. The van der Waals surface area contributed by atoms with Crippen LogP contribution in [-0.2, 0) is 0 Å². The summed E-state index contributed by atoms with van der Waals surface area (Å²) in [5.74, 6) is 0. The highest BCUT2D eigenvalue weighted by atomic mass is 15.3. The lowest BCUT2D eigenvalue weighted by Gasteiger charge is -2.47. The van der Waals surface area contributed by atoms with Gasteiger partial charge in [0.15, 0.2) is 0 Å². The number of nitrogens with zero attached hydrogens (tertiary/aromatic N) is 1. The molecule has 1 fully saturated rings. The zero-order chi connectivity index (χ0) is 14.3. The zero-order valence-electron chi connectivity index (χ0n) is 13.5. The average Bonchev–Trinajstić information content (AvgIpc) is 2.20. The van der Waals surface area contributed by atoms with Gasteiger partial charge in [-0.05, 0) is 32.6 Å². The van der Waals surface area contributed by atoms with E-state index in [1.54, 1.807) is 5.57 Å². The van der Waals surface area contributed by atoms with Gasteiger partial charge in [-0.2, -0.15) is 0 Å². The van der Waals surface area contributed by atoms with E-state index in [0.29, 0.717) is 17.6 Å². The van der Waals surface area contributed by atoms with Crippen molar-refractivity contribution in [1.82, 2.24) is 15.5 Å². The molecule has 0 amide bonds. The Morgan fingerprint density at radius 3 is 2.32 bits per heavy atom. The summed E-state index contributed by atoms with van der Waals surface area (Å²) in [6.07, 6.45) is 4.09. The Morgan fingerprint density at radius 2 is 1.79 bits per heavy atom. The third kappa shape index (κ3) is 4.04. The first kappa shape index (κ1) is 15.0. The van der Waals surface area contributed by atoms with Gasteiger partial charge in [-0.1, -0.05) is 32.4 Å². The fourth-order valence-corrected chi connectivity index (χ4v) is 2.99. The third-order valence-electron chi connectivity index (χ3n) is 4.01. The van der Waals surface area contributed by atoms with Crippen LogP contribution in [0.4, 0.5) is 0 Å². The van der Waals surface area contributed by atoms with Gasteiger partial charge in [0, 0.05) is 31.2 Å². The van der Waals surface area contributed by atoms with Crippen molar-refractivity contribution in [3.8, 4) is 0 Å². The lowest BCUT2D eigenvalue weighted by molar-refractivity contribution is 0.0644. The first-order valence-corrected chi connectivity index (χ1v) is 7.61. The highest BCUT2D eigenvalue weighted by molar-refractivity contribution is 5.18. The molecule has 1 atom stereocenters. The Balaban J connectivity index is 1.88. The minimum Gasteiger partial charge on any atom is -0.307 e. The van der Waals surface area contributed by atoms with E-state index < -0.39 is 0 Å². The Bertz CT molecular complexity index is 340. The third-order valence-corrected chi connectivity index (χ3v) is 4.01.